The number of hydrogen-bond donors (Lipinski definition) is 0. The molecule has 0 atom stereocenters. The average Bonchev–Trinajstić information content (AvgIpc) is 2.68. The Morgan fingerprint density at radius 1 is 0.926 bits per heavy atom. The maximum absolute atomic E-state index is 14.1. The standard InChI is InChI=1S/C18H22ClFN6O/c1-13-22-16(11-17(23-13)25-6-8-27-9-7-25)24-2-4-26(5-3-24)18-15(20)10-14(19)12-21-18/h10-12H,2-9H2,1H3. The van der Waals surface area contributed by atoms with Gasteiger partial charge in [-0.15, -0.1) is 0 Å². The van der Waals surface area contributed by atoms with E-state index in [9.17, 15) is 4.39 Å². The van der Waals surface area contributed by atoms with E-state index >= 15 is 0 Å². The highest BCUT2D eigenvalue weighted by Crippen LogP contribution is 2.24. The molecule has 7 nitrogen and oxygen atoms in total. The van der Waals surface area contributed by atoms with E-state index in [4.69, 9.17) is 16.3 Å². The lowest BCUT2D eigenvalue weighted by atomic mass is 10.3. The van der Waals surface area contributed by atoms with Gasteiger partial charge in [-0.25, -0.2) is 19.3 Å². The van der Waals surface area contributed by atoms with Gasteiger partial charge in [0.1, 0.15) is 17.5 Å². The molecule has 9 heteroatoms. The van der Waals surface area contributed by atoms with Crippen molar-refractivity contribution in [3.05, 3.63) is 35.0 Å². The Hall–Kier alpha value is -2.19. The Morgan fingerprint density at radius 3 is 2.15 bits per heavy atom. The van der Waals surface area contributed by atoms with Crippen LogP contribution in [0.2, 0.25) is 5.02 Å². The minimum Gasteiger partial charge on any atom is -0.378 e. The van der Waals surface area contributed by atoms with Gasteiger partial charge in [-0.2, -0.15) is 0 Å². The van der Waals surface area contributed by atoms with E-state index in [-0.39, 0.29) is 5.82 Å². The van der Waals surface area contributed by atoms with Gasteiger partial charge in [0.15, 0.2) is 11.6 Å². The van der Waals surface area contributed by atoms with Gasteiger partial charge in [0.2, 0.25) is 0 Å². The fraction of sp³-hybridized carbons (Fsp3) is 0.500. The molecule has 2 saturated heterocycles. The van der Waals surface area contributed by atoms with Crippen LogP contribution in [0.1, 0.15) is 5.82 Å². The lowest BCUT2D eigenvalue weighted by molar-refractivity contribution is 0.122. The molecule has 0 spiro atoms. The molecule has 144 valence electrons. The molecule has 2 aliphatic rings. The number of piperazine rings is 1. The molecule has 2 aliphatic heterocycles. The van der Waals surface area contributed by atoms with Gasteiger partial charge in [-0.1, -0.05) is 11.6 Å². The summed E-state index contributed by atoms with van der Waals surface area (Å²) in [5, 5.41) is 0.307. The summed E-state index contributed by atoms with van der Waals surface area (Å²) in [4.78, 5) is 19.7. The molecule has 0 bridgehead atoms. The molecule has 4 rings (SSSR count). The van der Waals surface area contributed by atoms with Crippen molar-refractivity contribution in [1.82, 2.24) is 15.0 Å². The van der Waals surface area contributed by atoms with Crippen molar-refractivity contribution in [3.8, 4) is 0 Å². The van der Waals surface area contributed by atoms with Crippen molar-refractivity contribution in [3.63, 3.8) is 0 Å². The summed E-state index contributed by atoms with van der Waals surface area (Å²) in [6.07, 6.45) is 1.48. The lowest BCUT2D eigenvalue weighted by Gasteiger charge is -2.36. The van der Waals surface area contributed by atoms with Crippen LogP contribution in [0.4, 0.5) is 21.8 Å². The summed E-state index contributed by atoms with van der Waals surface area (Å²) in [5.41, 5.74) is 0. The number of pyridine rings is 1. The zero-order valence-electron chi connectivity index (χ0n) is 15.2. The quantitative estimate of drug-likeness (QED) is 0.793. The van der Waals surface area contributed by atoms with Crippen LogP contribution in [-0.2, 0) is 4.74 Å². The number of nitrogens with zero attached hydrogens (tertiary/aromatic N) is 6. The highest BCUT2D eigenvalue weighted by Gasteiger charge is 2.23. The molecule has 4 heterocycles. The predicted octanol–water partition coefficient (Wildman–Crippen LogP) is 2.14. The molecule has 0 radical (unpaired) electrons. The van der Waals surface area contributed by atoms with E-state index in [0.717, 1.165) is 56.9 Å². The van der Waals surface area contributed by atoms with Crippen molar-refractivity contribution in [2.24, 2.45) is 0 Å². The Labute approximate surface area is 162 Å². The number of aryl methyl sites for hydroxylation is 1. The fourth-order valence-corrected chi connectivity index (χ4v) is 3.59. The molecule has 0 N–H and O–H groups in total. The third-order valence-corrected chi connectivity index (χ3v) is 5.04. The Balaban J connectivity index is 1.47. The summed E-state index contributed by atoms with van der Waals surface area (Å²) in [6.45, 7) is 7.84. The van der Waals surface area contributed by atoms with Crippen molar-refractivity contribution in [2.45, 2.75) is 6.92 Å². The molecule has 0 amide bonds. The van der Waals surface area contributed by atoms with Crippen LogP contribution in [0.5, 0.6) is 0 Å². The number of morpholine rings is 1. The second-order valence-corrected chi connectivity index (χ2v) is 7.10. The average molecular weight is 393 g/mol. The van der Waals surface area contributed by atoms with Gasteiger partial charge in [0.25, 0.3) is 0 Å². The van der Waals surface area contributed by atoms with Crippen molar-refractivity contribution < 1.29 is 9.13 Å². The lowest BCUT2D eigenvalue weighted by Crippen LogP contribution is -2.47. The van der Waals surface area contributed by atoms with Gasteiger partial charge in [-0.3, -0.25) is 0 Å². The molecular weight excluding hydrogens is 371 g/mol. The van der Waals surface area contributed by atoms with Crippen LogP contribution in [0.25, 0.3) is 0 Å². The Kier molecular flexibility index (Phi) is 5.27. The summed E-state index contributed by atoms with van der Waals surface area (Å²) < 4.78 is 19.6. The third kappa shape index (κ3) is 4.06. The highest BCUT2D eigenvalue weighted by atomic mass is 35.5. The molecule has 2 aromatic rings. The zero-order chi connectivity index (χ0) is 18.8. The topological polar surface area (TPSA) is 57.6 Å². The molecule has 27 heavy (non-hydrogen) atoms. The van der Waals surface area contributed by atoms with E-state index in [2.05, 4.69) is 24.8 Å². The Bertz CT molecular complexity index is 808. The number of anilines is 3. The normalized spacial score (nSPS) is 18.1. The number of rotatable bonds is 3. The number of hydrogen-bond acceptors (Lipinski definition) is 7. The number of aromatic nitrogens is 3. The fourth-order valence-electron chi connectivity index (χ4n) is 3.44. The first-order chi connectivity index (χ1) is 13.1. The van der Waals surface area contributed by atoms with Gasteiger partial charge in [-0.05, 0) is 13.0 Å². The molecule has 2 aromatic heterocycles. The SMILES string of the molecule is Cc1nc(N2CCOCC2)cc(N2CCN(c3ncc(Cl)cc3F)CC2)n1. The maximum Gasteiger partial charge on any atom is 0.167 e. The van der Waals surface area contributed by atoms with E-state index in [1.54, 1.807) is 0 Å². The third-order valence-electron chi connectivity index (χ3n) is 4.84. The van der Waals surface area contributed by atoms with Crippen molar-refractivity contribution in [1.29, 1.82) is 0 Å². The zero-order valence-corrected chi connectivity index (χ0v) is 16.0. The molecule has 0 aliphatic carbocycles. The van der Waals surface area contributed by atoms with Crippen LogP contribution in [0.3, 0.4) is 0 Å². The Morgan fingerprint density at radius 2 is 1.52 bits per heavy atom. The molecule has 2 fully saturated rings. The van der Waals surface area contributed by atoms with Crippen LogP contribution in [0, 0.1) is 12.7 Å². The first kappa shape index (κ1) is 18.2. The first-order valence-corrected chi connectivity index (χ1v) is 9.47. The number of halogens is 2. The van der Waals surface area contributed by atoms with E-state index < -0.39 is 0 Å². The van der Waals surface area contributed by atoms with Crippen LogP contribution in [0.15, 0.2) is 18.3 Å². The van der Waals surface area contributed by atoms with E-state index in [0.29, 0.717) is 23.9 Å². The highest BCUT2D eigenvalue weighted by molar-refractivity contribution is 6.30. The van der Waals surface area contributed by atoms with Crippen molar-refractivity contribution >= 4 is 29.1 Å². The van der Waals surface area contributed by atoms with E-state index in [1.807, 2.05) is 17.9 Å². The van der Waals surface area contributed by atoms with Gasteiger partial charge in [0, 0.05) is 51.5 Å². The molecule has 0 saturated carbocycles. The summed E-state index contributed by atoms with van der Waals surface area (Å²) >= 11 is 5.80. The minimum absolute atomic E-state index is 0.307. The summed E-state index contributed by atoms with van der Waals surface area (Å²) in [6, 6.07) is 3.34. The maximum atomic E-state index is 14.1. The molecule has 0 aromatic carbocycles. The second-order valence-electron chi connectivity index (χ2n) is 6.66. The van der Waals surface area contributed by atoms with E-state index in [1.165, 1.54) is 12.3 Å². The van der Waals surface area contributed by atoms with Gasteiger partial charge >= 0.3 is 0 Å². The van der Waals surface area contributed by atoms with Crippen LogP contribution >= 0.6 is 11.6 Å². The number of ether oxygens (including phenoxy) is 1. The second kappa shape index (κ2) is 7.82. The minimum atomic E-state index is -0.386. The van der Waals surface area contributed by atoms with Crippen molar-refractivity contribution in [2.75, 3.05) is 67.2 Å². The smallest absolute Gasteiger partial charge is 0.167 e. The molecular formula is C18H22ClFN6O. The summed E-state index contributed by atoms with van der Waals surface area (Å²) in [7, 11) is 0. The van der Waals surface area contributed by atoms with Gasteiger partial charge in [0.05, 0.1) is 18.2 Å². The monoisotopic (exact) mass is 392 g/mol. The molecule has 0 unspecified atom stereocenters. The van der Waals surface area contributed by atoms with Gasteiger partial charge < -0.3 is 19.4 Å². The van der Waals surface area contributed by atoms with Crippen LogP contribution < -0.4 is 14.7 Å². The van der Waals surface area contributed by atoms with Crippen LogP contribution in [-0.4, -0.2) is 67.4 Å². The largest absolute Gasteiger partial charge is 0.378 e. The summed E-state index contributed by atoms with van der Waals surface area (Å²) in [5.74, 6) is 2.57. The first-order valence-electron chi connectivity index (χ1n) is 9.09. The predicted molar refractivity (Wildman–Crippen MR) is 103 cm³/mol.